The van der Waals surface area contributed by atoms with Crippen molar-refractivity contribution in [3.8, 4) is 0 Å². The van der Waals surface area contributed by atoms with E-state index < -0.39 is 5.60 Å². The van der Waals surface area contributed by atoms with Gasteiger partial charge in [-0.3, -0.25) is 4.99 Å². The summed E-state index contributed by atoms with van der Waals surface area (Å²) in [7, 11) is 0. The smallest absolute Gasteiger partial charge is 0.0817 e. The maximum absolute atomic E-state index is 10.5. The average molecular weight is 428 g/mol. The molecule has 10 unspecified atom stereocenters. The van der Waals surface area contributed by atoms with Gasteiger partial charge in [-0.1, -0.05) is 39.3 Å². The Morgan fingerprint density at radius 3 is 2.52 bits per heavy atom. The third-order valence-electron chi connectivity index (χ3n) is 11.3. The van der Waals surface area contributed by atoms with Crippen LogP contribution in [0.15, 0.2) is 16.6 Å². The number of aliphatic hydroxyl groups excluding tert-OH is 1. The second-order valence-electron chi connectivity index (χ2n) is 12.9. The minimum Gasteiger partial charge on any atom is -0.393 e. The highest BCUT2D eigenvalue weighted by Gasteiger charge is 2.60. The SMILES string of the molecule is CC1C2=CCC3C(CCC4(C)C(C(C)C5=NCC(C)(O)CC5)CCC34)C2(C)CCC1O. The van der Waals surface area contributed by atoms with E-state index >= 15 is 0 Å². The van der Waals surface area contributed by atoms with Crippen molar-refractivity contribution in [2.45, 2.75) is 104 Å². The zero-order valence-corrected chi connectivity index (χ0v) is 20.5. The quantitative estimate of drug-likeness (QED) is 0.548. The van der Waals surface area contributed by atoms with Crippen molar-refractivity contribution in [3.05, 3.63) is 11.6 Å². The standard InChI is InChI=1S/C28H45NO2/c1-17(24-11-13-26(3,31)16-29-24)20-8-9-22-19-6-7-21-18(2)25(30)12-15-28(21,5)23(19)10-14-27(20,22)4/h7,17-20,22-23,25,30-31H,6,8-16H2,1-5H3. The first-order valence-electron chi connectivity index (χ1n) is 13.2. The summed E-state index contributed by atoms with van der Waals surface area (Å²) >= 11 is 0. The van der Waals surface area contributed by atoms with E-state index in [0.717, 1.165) is 42.9 Å². The number of aliphatic hydroxyl groups is 2. The molecule has 10 atom stereocenters. The van der Waals surface area contributed by atoms with Crippen molar-refractivity contribution < 1.29 is 10.2 Å². The van der Waals surface area contributed by atoms with Crippen molar-refractivity contribution in [1.82, 2.24) is 0 Å². The highest BCUT2D eigenvalue weighted by molar-refractivity contribution is 5.87. The molecule has 0 bridgehead atoms. The molecule has 3 heteroatoms. The zero-order valence-electron chi connectivity index (χ0n) is 20.5. The number of aliphatic imine (C=N–C) groups is 1. The molecule has 0 aromatic carbocycles. The third kappa shape index (κ3) is 3.31. The summed E-state index contributed by atoms with van der Waals surface area (Å²) in [6.07, 6.45) is 13.1. The van der Waals surface area contributed by atoms with Crippen LogP contribution in [0.3, 0.4) is 0 Å². The van der Waals surface area contributed by atoms with Crippen LogP contribution in [0.4, 0.5) is 0 Å². The molecular weight excluding hydrogens is 382 g/mol. The lowest BCUT2D eigenvalue weighted by Gasteiger charge is -2.59. The van der Waals surface area contributed by atoms with Crippen molar-refractivity contribution in [2.75, 3.05) is 6.54 Å². The number of hydrogen-bond acceptors (Lipinski definition) is 3. The van der Waals surface area contributed by atoms with Gasteiger partial charge in [-0.25, -0.2) is 0 Å². The molecule has 0 aromatic rings. The molecule has 0 spiro atoms. The Bertz CT molecular complexity index is 784. The van der Waals surface area contributed by atoms with Crippen molar-refractivity contribution >= 4 is 5.71 Å². The predicted octanol–water partition coefficient (Wildman–Crippen LogP) is 5.79. The van der Waals surface area contributed by atoms with Gasteiger partial charge < -0.3 is 10.2 Å². The minimum absolute atomic E-state index is 0.140. The molecular formula is C28H45NO2. The molecule has 0 amide bonds. The second-order valence-corrected chi connectivity index (χ2v) is 12.9. The van der Waals surface area contributed by atoms with Gasteiger partial charge in [-0.2, -0.15) is 0 Å². The van der Waals surface area contributed by atoms with E-state index in [-0.39, 0.29) is 6.10 Å². The fraction of sp³-hybridized carbons (Fsp3) is 0.893. The van der Waals surface area contributed by atoms with E-state index in [2.05, 4.69) is 33.8 Å². The van der Waals surface area contributed by atoms with Crippen LogP contribution in [0.25, 0.3) is 0 Å². The van der Waals surface area contributed by atoms with E-state index in [1.54, 1.807) is 5.57 Å². The summed E-state index contributed by atoms with van der Waals surface area (Å²) in [6, 6.07) is 0. The largest absolute Gasteiger partial charge is 0.393 e. The molecule has 3 saturated carbocycles. The normalized spacial score (nSPS) is 53.0. The van der Waals surface area contributed by atoms with Crippen LogP contribution in [-0.4, -0.2) is 34.2 Å². The average Bonchev–Trinajstić information content (AvgIpc) is 3.08. The third-order valence-corrected chi connectivity index (χ3v) is 11.3. The number of allylic oxidation sites excluding steroid dienone is 1. The molecule has 0 radical (unpaired) electrons. The summed E-state index contributed by atoms with van der Waals surface area (Å²) in [5, 5.41) is 20.8. The van der Waals surface area contributed by atoms with Gasteiger partial charge in [0, 0.05) is 11.6 Å². The molecule has 5 rings (SSSR count). The molecule has 1 aliphatic heterocycles. The van der Waals surface area contributed by atoms with Gasteiger partial charge in [-0.15, -0.1) is 0 Å². The van der Waals surface area contributed by atoms with Crippen molar-refractivity contribution in [1.29, 1.82) is 0 Å². The predicted molar refractivity (Wildman–Crippen MR) is 127 cm³/mol. The minimum atomic E-state index is -0.602. The molecule has 31 heavy (non-hydrogen) atoms. The maximum atomic E-state index is 10.5. The van der Waals surface area contributed by atoms with Crippen LogP contribution in [0.5, 0.6) is 0 Å². The highest BCUT2D eigenvalue weighted by Crippen LogP contribution is 2.67. The van der Waals surface area contributed by atoms with Gasteiger partial charge >= 0.3 is 0 Å². The summed E-state index contributed by atoms with van der Waals surface area (Å²) in [4.78, 5) is 4.89. The lowest BCUT2D eigenvalue weighted by atomic mass is 9.46. The lowest BCUT2D eigenvalue weighted by molar-refractivity contribution is -0.0610. The highest BCUT2D eigenvalue weighted by atomic mass is 16.3. The molecule has 4 aliphatic carbocycles. The van der Waals surface area contributed by atoms with Crippen LogP contribution < -0.4 is 0 Å². The Labute approximate surface area is 189 Å². The molecule has 174 valence electrons. The van der Waals surface area contributed by atoms with Crippen LogP contribution in [0.2, 0.25) is 0 Å². The van der Waals surface area contributed by atoms with Gasteiger partial charge in [0.1, 0.15) is 0 Å². The van der Waals surface area contributed by atoms with Crippen LogP contribution in [0.1, 0.15) is 92.4 Å². The summed E-state index contributed by atoms with van der Waals surface area (Å²) in [5.41, 5.74) is 3.11. The second kappa shape index (κ2) is 7.42. The van der Waals surface area contributed by atoms with Crippen molar-refractivity contribution in [2.24, 2.45) is 51.3 Å². The van der Waals surface area contributed by atoms with Gasteiger partial charge in [-0.05, 0) is 105 Å². The Morgan fingerprint density at radius 2 is 1.81 bits per heavy atom. The van der Waals surface area contributed by atoms with E-state index in [1.807, 2.05) is 6.92 Å². The fourth-order valence-electron chi connectivity index (χ4n) is 9.35. The number of rotatable bonds is 2. The number of nitrogens with zero attached hydrogens (tertiary/aromatic N) is 1. The molecule has 0 saturated heterocycles. The lowest BCUT2D eigenvalue weighted by Crippen LogP contribution is -2.52. The van der Waals surface area contributed by atoms with Gasteiger partial charge in [0.15, 0.2) is 0 Å². The van der Waals surface area contributed by atoms with Gasteiger partial charge in [0.2, 0.25) is 0 Å². The Hall–Kier alpha value is -0.670. The molecule has 1 heterocycles. The molecule has 3 nitrogen and oxygen atoms in total. The molecule has 2 N–H and O–H groups in total. The fourth-order valence-corrected chi connectivity index (χ4v) is 9.35. The Balaban J connectivity index is 1.39. The van der Waals surface area contributed by atoms with Crippen molar-refractivity contribution in [3.63, 3.8) is 0 Å². The Kier molecular flexibility index (Phi) is 5.30. The summed E-state index contributed by atoms with van der Waals surface area (Å²) in [5.74, 6) is 4.09. The zero-order chi connectivity index (χ0) is 22.2. The number of hydrogen-bond donors (Lipinski definition) is 2. The first kappa shape index (κ1) is 22.1. The van der Waals surface area contributed by atoms with Crippen LogP contribution in [-0.2, 0) is 0 Å². The maximum Gasteiger partial charge on any atom is 0.0817 e. The van der Waals surface area contributed by atoms with Gasteiger partial charge in [0.25, 0.3) is 0 Å². The van der Waals surface area contributed by atoms with E-state index in [4.69, 9.17) is 4.99 Å². The van der Waals surface area contributed by atoms with E-state index in [0.29, 0.717) is 29.2 Å². The van der Waals surface area contributed by atoms with Gasteiger partial charge in [0.05, 0.1) is 18.2 Å². The first-order chi connectivity index (χ1) is 14.6. The molecule has 0 aromatic heterocycles. The Morgan fingerprint density at radius 1 is 1.03 bits per heavy atom. The molecule has 3 fully saturated rings. The first-order valence-corrected chi connectivity index (χ1v) is 13.2. The molecule has 5 aliphatic rings. The van der Waals surface area contributed by atoms with E-state index in [1.165, 1.54) is 44.2 Å². The van der Waals surface area contributed by atoms with Crippen LogP contribution in [0, 0.1) is 46.3 Å². The topological polar surface area (TPSA) is 52.8 Å². The van der Waals surface area contributed by atoms with E-state index in [9.17, 15) is 10.2 Å². The summed E-state index contributed by atoms with van der Waals surface area (Å²) in [6.45, 7) is 12.4. The summed E-state index contributed by atoms with van der Waals surface area (Å²) < 4.78 is 0. The van der Waals surface area contributed by atoms with Crippen LogP contribution >= 0.6 is 0 Å². The number of fused-ring (bicyclic) bond motifs is 5. The monoisotopic (exact) mass is 427 g/mol.